The van der Waals surface area contributed by atoms with Crippen LogP contribution in [0.1, 0.15) is 18.2 Å². The molecule has 6 heteroatoms. The molecule has 4 rings (SSSR count). The lowest BCUT2D eigenvalue weighted by molar-refractivity contribution is 0.190. The van der Waals surface area contributed by atoms with Gasteiger partial charge in [0, 0.05) is 17.7 Å². The smallest absolute Gasteiger partial charge is 0.315 e. The van der Waals surface area contributed by atoms with Crippen LogP contribution >= 0.6 is 0 Å². The molecule has 3 aromatic rings. The summed E-state index contributed by atoms with van der Waals surface area (Å²) in [6, 6.07) is 12.6. The second-order valence-electron chi connectivity index (χ2n) is 6.74. The van der Waals surface area contributed by atoms with E-state index < -0.39 is 6.03 Å². The number of urea groups is 1. The maximum absolute atomic E-state index is 14.5. The zero-order chi connectivity index (χ0) is 19.0. The Kier molecular flexibility index (Phi) is 4.39. The largest absolute Gasteiger partial charge is 0.351 e. The van der Waals surface area contributed by atoms with Gasteiger partial charge in [-0.1, -0.05) is 37.3 Å². The number of nitrogens with two attached hydrogens (primary N) is 1. The number of carbonyl (C=O) groups excluding carboxylic acids is 1. The number of nitrogens with zero attached hydrogens (tertiary/aromatic N) is 3. The molecule has 0 atom stereocenters. The van der Waals surface area contributed by atoms with Gasteiger partial charge in [-0.15, -0.1) is 0 Å². The summed E-state index contributed by atoms with van der Waals surface area (Å²) in [5.41, 5.74) is 10.7. The van der Waals surface area contributed by atoms with E-state index in [0.717, 1.165) is 34.4 Å². The van der Waals surface area contributed by atoms with Gasteiger partial charge in [-0.2, -0.15) is 5.10 Å². The molecule has 5 nitrogen and oxygen atoms in total. The highest BCUT2D eigenvalue weighted by Crippen LogP contribution is 2.32. The van der Waals surface area contributed by atoms with Gasteiger partial charge in [0.2, 0.25) is 0 Å². The molecule has 0 saturated carbocycles. The van der Waals surface area contributed by atoms with Crippen LogP contribution in [0.2, 0.25) is 0 Å². The minimum absolute atomic E-state index is 0.258. The van der Waals surface area contributed by atoms with Gasteiger partial charge < -0.3 is 10.6 Å². The topological polar surface area (TPSA) is 64.2 Å². The summed E-state index contributed by atoms with van der Waals surface area (Å²) in [4.78, 5) is 13.1. The summed E-state index contributed by atoms with van der Waals surface area (Å²) in [5, 5.41) is 4.42. The van der Waals surface area contributed by atoms with E-state index in [9.17, 15) is 9.18 Å². The highest BCUT2D eigenvalue weighted by molar-refractivity contribution is 5.76. The molecule has 0 radical (unpaired) electrons. The molecule has 27 heavy (non-hydrogen) atoms. The van der Waals surface area contributed by atoms with E-state index >= 15 is 0 Å². The number of carbonyl (C=O) groups is 1. The van der Waals surface area contributed by atoms with Crippen molar-refractivity contribution >= 4 is 6.03 Å². The van der Waals surface area contributed by atoms with Gasteiger partial charge in [0.15, 0.2) is 0 Å². The van der Waals surface area contributed by atoms with Gasteiger partial charge in [-0.05, 0) is 35.2 Å². The predicted molar refractivity (Wildman–Crippen MR) is 102 cm³/mol. The Labute approximate surface area is 157 Å². The average molecular weight is 364 g/mol. The van der Waals surface area contributed by atoms with Crippen molar-refractivity contribution in [3.05, 3.63) is 65.7 Å². The van der Waals surface area contributed by atoms with Crippen LogP contribution in [0.3, 0.4) is 0 Å². The van der Waals surface area contributed by atoms with E-state index in [0.29, 0.717) is 25.2 Å². The molecule has 1 aliphatic heterocycles. The molecule has 0 unspecified atom stereocenters. The molecule has 2 amide bonds. The van der Waals surface area contributed by atoms with Gasteiger partial charge in [0.25, 0.3) is 0 Å². The maximum atomic E-state index is 14.5. The SMILES string of the molecule is CCc1cccc(-c2cc(-c3cnn4c3CN(C(N)=O)CC4)ccc2F)c1. The van der Waals surface area contributed by atoms with E-state index in [-0.39, 0.29) is 5.82 Å². The number of primary amides is 1. The number of benzene rings is 2. The average Bonchev–Trinajstić information content (AvgIpc) is 3.11. The maximum Gasteiger partial charge on any atom is 0.315 e. The number of aryl methyl sites for hydroxylation is 1. The second-order valence-corrected chi connectivity index (χ2v) is 6.74. The minimum Gasteiger partial charge on any atom is -0.351 e. The van der Waals surface area contributed by atoms with E-state index in [1.807, 2.05) is 35.0 Å². The first-order valence-electron chi connectivity index (χ1n) is 9.05. The fraction of sp³-hybridized carbons (Fsp3) is 0.238. The van der Waals surface area contributed by atoms with E-state index in [1.54, 1.807) is 17.2 Å². The summed E-state index contributed by atoms with van der Waals surface area (Å²) < 4.78 is 16.4. The number of fused-ring (bicyclic) bond motifs is 1. The Morgan fingerprint density at radius 3 is 2.74 bits per heavy atom. The van der Waals surface area contributed by atoms with Crippen LogP contribution in [0.25, 0.3) is 22.3 Å². The van der Waals surface area contributed by atoms with Crippen LogP contribution < -0.4 is 5.73 Å². The third-order valence-corrected chi connectivity index (χ3v) is 5.11. The molecule has 1 aliphatic rings. The number of hydrogen-bond acceptors (Lipinski definition) is 2. The first-order valence-corrected chi connectivity index (χ1v) is 9.05. The Balaban J connectivity index is 1.76. The van der Waals surface area contributed by atoms with Gasteiger partial charge >= 0.3 is 6.03 Å². The fourth-order valence-corrected chi connectivity index (χ4v) is 3.55. The lowest BCUT2D eigenvalue weighted by Crippen LogP contribution is -2.41. The highest BCUT2D eigenvalue weighted by Gasteiger charge is 2.23. The number of rotatable bonds is 3. The second kappa shape index (κ2) is 6.87. The quantitative estimate of drug-likeness (QED) is 0.768. The number of halogens is 1. The fourth-order valence-electron chi connectivity index (χ4n) is 3.55. The highest BCUT2D eigenvalue weighted by atomic mass is 19.1. The number of amides is 2. The molecule has 2 aromatic carbocycles. The monoisotopic (exact) mass is 364 g/mol. The van der Waals surface area contributed by atoms with Crippen LogP contribution in [0.15, 0.2) is 48.7 Å². The van der Waals surface area contributed by atoms with Gasteiger partial charge in [0.1, 0.15) is 5.82 Å². The minimum atomic E-state index is -0.440. The number of hydrogen-bond donors (Lipinski definition) is 1. The molecule has 0 fully saturated rings. The predicted octanol–water partition coefficient (Wildman–Crippen LogP) is 3.81. The summed E-state index contributed by atoms with van der Waals surface area (Å²) in [5.74, 6) is -0.258. The van der Waals surface area contributed by atoms with Crippen molar-refractivity contribution in [1.82, 2.24) is 14.7 Å². The van der Waals surface area contributed by atoms with Crippen molar-refractivity contribution in [2.75, 3.05) is 6.54 Å². The lowest BCUT2D eigenvalue weighted by atomic mass is 9.97. The van der Waals surface area contributed by atoms with Crippen molar-refractivity contribution in [3.8, 4) is 22.3 Å². The molecular weight excluding hydrogens is 343 g/mol. The molecule has 2 heterocycles. The van der Waals surface area contributed by atoms with Crippen molar-refractivity contribution in [3.63, 3.8) is 0 Å². The number of aromatic nitrogens is 2. The molecule has 1 aromatic heterocycles. The van der Waals surface area contributed by atoms with Crippen LogP contribution in [-0.2, 0) is 19.5 Å². The summed E-state index contributed by atoms with van der Waals surface area (Å²) in [7, 11) is 0. The molecule has 138 valence electrons. The zero-order valence-corrected chi connectivity index (χ0v) is 15.2. The third kappa shape index (κ3) is 3.18. The first-order chi connectivity index (χ1) is 13.1. The van der Waals surface area contributed by atoms with E-state index in [4.69, 9.17) is 5.73 Å². The van der Waals surface area contributed by atoms with Crippen LogP contribution in [0.4, 0.5) is 9.18 Å². The summed E-state index contributed by atoms with van der Waals surface area (Å²) in [6.07, 6.45) is 2.67. The van der Waals surface area contributed by atoms with Crippen LogP contribution in [-0.4, -0.2) is 27.3 Å². The first kappa shape index (κ1) is 17.3. The van der Waals surface area contributed by atoms with Crippen molar-refractivity contribution in [2.45, 2.75) is 26.4 Å². The molecule has 2 N–H and O–H groups in total. The summed E-state index contributed by atoms with van der Waals surface area (Å²) in [6.45, 7) is 3.63. The third-order valence-electron chi connectivity index (χ3n) is 5.11. The Bertz CT molecular complexity index is 1010. The molecular formula is C21H21FN4O. The Morgan fingerprint density at radius 2 is 1.96 bits per heavy atom. The lowest BCUT2D eigenvalue weighted by Gasteiger charge is -2.26. The normalized spacial score (nSPS) is 13.5. The molecule has 0 spiro atoms. The van der Waals surface area contributed by atoms with Crippen molar-refractivity contribution in [1.29, 1.82) is 0 Å². The van der Waals surface area contributed by atoms with Gasteiger partial charge in [-0.25, -0.2) is 9.18 Å². The van der Waals surface area contributed by atoms with Crippen LogP contribution in [0.5, 0.6) is 0 Å². The zero-order valence-electron chi connectivity index (χ0n) is 15.2. The van der Waals surface area contributed by atoms with Gasteiger partial charge in [0.05, 0.1) is 25.0 Å². The van der Waals surface area contributed by atoms with E-state index in [1.165, 1.54) is 6.07 Å². The van der Waals surface area contributed by atoms with Crippen LogP contribution in [0, 0.1) is 5.82 Å². The van der Waals surface area contributed by atoms with E-state index in [2.05, 4.69) is 12.0 Å². The van der Waals surface area contributed by atoms with Crippen molar-refractivity contribution < 1.29 is 9.18 Å². The molecule has 0 saturated heterocycles. The Hall–Kier alpha value is -3.15. The van der Waals surface area contributed by atoms with Crippen molar-refractivity contribution in [2.24, 2.45) is 5.73 Å². The standard InChI is InChI=1S/C21H21FN4O/c1-2-14-4-3-5-15(10-14)17-11-16(6-7-19(17)22)18-12-24-26-9-8-25(21(23)27)13-20(18)26/h3-7,10-12H,2,8-9,13H2,1H3,(H2,23,27). The molecule has 0 aliphatic carbocycles. The summed E-state index contributed by atoms with van der Waals surface area (Å²) >= 11 is 0. The van der Waals surface area contributed by atoms with Gasteiger partial charge in [-0.3, -0.25) is 4.68 Å². The Morgan fingerprint density at radius 1 is 1.15 bits per heavy atom. The molecule has 0 bridgehead atoms.